The van der Waals surface area contributed by atoms with Crippen LogP contribution in [-0.4, -0.2) is 30.8 Å². The molecule has 0 bridgehead atoms. The molecule has 0 atom stereocenters. The summed E-state index contributed by atoms with van der Waals surface area (Å²) in [5.41, 5.74) is -0.266. The Kier molecular flexibility index (Phi) is 4.36. The normalized spacial score (nSPS) is 11.8. The molecule has 0 saturated carbocycles. The Morgan fingerprint density at radius 3 is 2.65 bits per heavy atom. The van der Waals surface area contributed by atoms with Gasteiger partial charge in [-0.25, -0.2) is 8.42 Å². The molecule has 0 saturated heterocycles. The third kappa shape index (κ3) is 3.65. The summed E-state index contributed by atoms with van der Waals surface area (Å²) in [7, 11) is -3.59. The van der Waals surface area contributed by atoms with Gasteiger partial charge in [-0.2, -0.15) is 0 Å². The van der Waals surface area contributed by atoms with E-state index in [-0.39, 0.29) is 22.9 Å². The maximum atomic E-state index is 11.7. The van der Waals surface area contributed by atoms with Crippen molar-refractivity contribution in [1.29, 1.82) is 0 Å². The van der Waals surface area contributed by atoms with Gasteiger partial charge >= 0.3 is 0 Å². The van der Waals surface area contributed by atoms with Gasteiger partial charge in [-0.05, 0) is 6.07 Å². The van der Waals surface area contributed by atoms with E-state index in [1.54, 1.807) is 0 Å². The predicted octanol–water partition coefficient (Wildman–Crippen LogP) is 0.917. The van der Waals surface area contributed by atoms with Gasteiger partial charge in [0, 0.05) is 12.1 Å². The van der Waals surface area contributed by atoms with Crippen molar-refractivity contribution < 1.29 is 18.4 Å². The molecule has 92 valence electrons. The van der Waals surface area contributed by atoms with Crippen molar-refractivity contribution >= 4 is 15.5 Å². The van der Waals surface area contributed by atoms with E-state index in [2.05, 4.69) is 0 Å². The first-order valence-corrected chi connectivity index (χ1v) is 6.35. The Bertz CT molecular complexity index is 535. The highest BCUT2D eigenvalue weighted by atomic mass is 32.2. The SMILES string of the molecule is O=[N+]([O-])c1cccc(S(=O)(=O)C/C=C/CO)c1. The summed E-state index contributed by atoms with van der Waals surface area (Å²) in [4.78, 5) is 9.75. The third-order valence-electron chi connectivity index (χ3n) is 1.98. The molecule has 1 aromatic rings. The van der Waals surface area contributed by atoms with E-state index in [9.17, 15) is 18.5 Å². The highest BCUT2D eigenvalue weighted by Gasteiger charge is 2.16. The summed E-state index contributed by atoms with van der Waals surface area (Å²) >= 11 is 0. The number of rotatable bonds is 5. The molecule has 7 heteroatoms. The van der Waals surface area contributed by atoms with Gasteiger partial charge in [0.05, 0.1) is 22.2 Å². The summed E-state index contributed by atoms with van der Waals surface area (Å²) in [6.07, 6.45) is 2.60. The Labute approximate surface area is 98.3 Å². The average molecular weight is 257 g/mol. The van der Waals surface area contributed by atoms with Crippen molar-refractivity contribution in [2.45, 2.75) is 4.90 Å². The summed E-state index contributed by atoms with van der Waals surface area (Å²) in [5, 5.41) is 19.0. The lowest BCUT2D eigenvalue weighted by Gasteiger charge is -2.00. The van der Waals surface area contributed by atoms with Crippen molar-refractivity contribution in [3.05, 3.63) is 46.5 Å². The van der Waals surface area contributed by atoms with Crippen molar-refractivity contribution in [3.63, 3.8) is 0 Å². The largest absolute Gasteiger partial charge is 0.392 e. The van der Waals surface area contributed by atoms with Crippen LogP contribution in [0.15, 0.2) is 41.3 Å². The lowest BCUT2D eigenvalue weighted by atomic mass is 10.3. The van der Waals surface area contributed by atoms with Gasteiger partial charge in [0.15, 0.2) is 9.84 Å². The number of nitro groups is 1. The number of non-ortho nitro benzene ring substituents is 1. The van der Waals surface area contributed by atoms with Crippen LogP contribution < -0.4 is 0 Å². The molecule has 6 nitrogen and oxygen atoms in total. The molecule has 0 aliphatic rings. The first kappa shape index (κ1) is 13.3. The first-order valence-electron chi connectivity index (χ1n) is 4.70. The second-order valence-corrected chi connectivity index (χ2v) is 5.22. The van der Waals surface area contributed by atoms with Gasteiger partial charge in [0.2, 0.25) is 0 Å². The van der Waals surface area contributed by atoms with Crippen molar-refractivity contribution in [3.8, 4) is 0 Å². The Morgan fingerprint density at radius 1 is 1.35 bits per heavy atom. The Hall–Kier alpha value is -1.73. The Morgan fingerprint density at radius 2 is 2.06 bits per heavy atom. The van der Waals surface area contributed by atoms with Crippen molar-refractivity contribution in [2.24, 2.45) is 0 Å². The van der Waals surface area contributed by atoms with E-state index >= 15 is 0 Å². The predicted molar refractivity (Wildman–Crippen MR) is 61.4 cm³/mol. The van der Waals surface area contributed by atoms with Crippen LogP contribution in [0.1, 0.15) is 0 Å². The van der Waals surface area contributed by atoms with E-state index in [0.29, 0.717) is 0 Å². The minimum absolute atomic E-state index is 0.103. The van der Waals surface area contributed by atoms with E-state index in [0.717, 1.165) is 6.07 Å². The van der Waals surface area contributed by atoms with Gasteiger partial charge in [-0.3, -0.25) is 10.1 Å². The van der Waals surface area contributed by atoms with Crippen molar-refractivity contribution in [2.75, 3.05) is 12.4 Å². The molecule has 0 unspecified atom stereocenters. The first-order chi connectivity index (χ1) is 7.97. The number of aliphatic hydroxyl groups is 1. The van der Waals surface area contributed by atoms with Gasteiger partial charge in [-0.15, -0.1) is 0 Å². The van der Waals surface area contributed by atoms with Gasteiger partial charge in [0.25, 0.3) is 5.69 Å². The van der Waals surface area contributed by atoms with Crippen LogP contribution in [-0.2, 0) is 9.84 Å². The quantitative estimate of drug-likeness (QED) is 0.480. The molecule has 0 amide bonds. The van der Waals surface area contributed by atoms with Crippen LogP contribution in [0, 0.1) is 10.1 Å². The number of nitrogens with zero attached hydrogens (tertiary/aromatic N) is 1. The second-order valence-electron chi connectivity index (χ2n) is 3.19. The maximum Gasteiger partial charge on any atom is 0.270 e. The van der Waals surface area contributed by atoms with E-state index in [1.165, 1.54) is 30.4 Å². The molecular weight excluding hydrogens is 246 g/mol. The number of aliphatic hydroxyl groups excluding tert-OH is 1. The summed E-state index contributed by atoms with van der Waals surface area (Å²) in [5.74, 6) is -0.297. The molecule has 0 spiro atoms. The lowest BCUT2D eigenvalue weighted by molar-refractivity contribution is -0.385. The summed E-state index contributed by atoms with van der Waals surface area (Å²) < 4.78 is 23.5. The molecule has 1 rings (SSSR count). The van der Waals surface area contributed by atoms with Crippen molar-refractivity contribution in [1.82, 2.24) is 0 Å². The zero-order valence-electron chi connectivity index (χ0n) is 8.81. The van der Waals surface area contributed by atoms with E-state index in [1.807, 2.05) is 0 Å². The average Bonchev–Trinajstić information content (AvgIpc) is 2.29. The van der Waals surface area contributed by atoms with Crippen LogP contribution in [0.3, 0.4) is 0 Å². The monoisotopic (exact) mass is 257 g/mol. The summed E-state index contributed by atoms with van der Waals surface area (Å²) in [6.45, 7) is -0.246. The number of sulfone groups is 1. The fourth-order valence-corrected chi connectivity index (χ4v) is 2.32. The van der Waals surface area contributed by atoms with Crippen LogP contribution in [0.5, 0.6) is 0 Å². The third-order valence-corrected chi connectivity index (χ3v) is 3.58. The topological polar surface area (TPSA) is 97.5 Å². The summed E-state index contributed by atoms with van der Waals surface area (Å²) in [6, 6.07) is 4.86. The molecular formula is C10H11NO5S. The molecule has 1 aromatic carbocycles. The molecule has 17 heavy (non-hydrogen) atoms. The minimum Gasteiger partial charge on any atom is -0.392 e. The van der Waals surface area contributed by atoms with Crippen LogP contribution in [0.25, 0.3) is 0 Å². The van der Waals surface area contributed by atoms with E-state index in [4.69, 9.17) is 5.11 Å². The number of benzene rings is 1. The molecule has 0 aliphatic heterocycles. The zero-order valence-corrected chi connectivity index (χ0v) is 9.63. The number of hydrogen-bond donors (Lipinski definition) is 1. The lowest BCUT2D eigenvalue weighted by Crippen LogP contribution is -2.05. The molecule has 0 fully saturated rings. The van der Waals surface area contributed by atoms with Crippen LogP contribution in [0.2, 0.25) is 0 Å². The van der Waals surface area contributed by atoms with Gasteiger partial charge < -0.3 is 5.11 Å². The van der Waals surface area contributed by atoms with Gasteiger partial charge in [0.1, 0.15) is 0 Å². The number of hydrogen-bond acceptors (Lipinski definition) is 5. The maximum absolute atomic E-state index is 11.7. The standard InChI is InChI=1S/C10H11NO5S/c12-6-1-2-7-17(15,16)10-5-3-4-9(8-10)11(13)14/h1-5,8,12H,6-7H2/b2-1+. The highest BCUT2D eigenvalue weighted by Crippen LogP contribution is 2.18. The van der Waals surface area contributed by atoms with E-state index < -0.39 is 14.8 Å². The molecule has 0 aromatic heterocycles. The smallest absolute Gasteiger partial charge is 0.270 e. The fourth-order valence-electron chi connectivity index (χ4n) is 1.16. The molecule has 0 heterocycles. The Balaban J connectivity index is 3.03. The fraction of sp³-hybridized carbons (Fsp3) is 0.200. The molecule has 0 aliphatic carbocycles. The second kappa shape index (κ2) is 5.55. The highest BCUT2D eigenvalue weighted by molar-refractivity contribution is 7.91. The minimum atomic E-state index is -3.59. The molecule has 1 N–H and O–H groups in total. The van der Waals surface area contributed by atoms with Crippen LogP contribution in [0.4, 0.5) is 5.69 Å². The van der Waals surface area contributed by atoms with Gasteiger partial charge in [-0.1, -0.05) is 18.2 Å². The number of nitro benzene ring substituents is 1. The van der Waals surface area contributed by atoms with Crippen LogP contribution >= 0.6 is 0 Å². The molecule has 0 radical (unpaired) electrons. The zero-order chi connectivity index (χ0) is 12.9.